The number of H-pyrrole nitrogens is 2. The predicted molar refractivity (Wildman–Crippen MR) is 292 cm³/mol. The van der Waals surface area contributed by atoms with E-state index >= 15 is 0 Å². The number of aryl methyl sites for hydroxylation is 3. The molecule has 1 aromatic carbocycles. The monoisotopic (exact) mass is 1100 g/mol. The zero-order chi connectivity index (χ0) is 55.0. The summed E-state index contributed by atoms with van der Waals surface area (Å²) in [6.07, 6.45) is 18.3. The van der Waals surface area contributed by atoms with E-state index < -0.39 is 78.0 Å². The van der Waals surface area contributed by atoms with Gasteiger partial charge >= 0.3 is 30.0 Å². The molecule has 0 saturated carbocycles. The van der Waals surface area contributed by atoms with Crippen LogP contribution in [0.25, 0.3) is 4.85 Å². The van der Waals surface area contributed by atoms with Gasteiger partial charge in [-0.2, -0.15) is 0 Å². The van der Waals surface area contributed by atoms with Crippen LogP contribution in [-0.2, 0) is 60.5 Å². The summed E-state index contributed by atoms with van der Waals surface area (Å²) in [5, 5.41) is 0. The molecule has 5 unspecified atom stereocenters. The molecule has 422 valence electrons. The summed E-state index contributed by atoms with van der Waals surface area (Å²) in [6.45, 7) is 14.8. The summed E-state index contributed by atoms with van der Waals surface area (Å²) in [5.41, 5.74) is 0.853. The lowest BCUT2D eigenvalue weighted by Gasteiger charge is -2.28. The highest BCUT2D eigenvalue weighted by Gasteiger charge is 2.44. The maximum Gasteiger partial charge on any atom is 0.330 e. The average Bonchev–Trinajstić information content (AvgIpc) is 3.99. The number of nitrogens with one attached hydrogen (secondary N) is 2. The Morgan fingerprint density at radius 2 is 1.22 bits per heavy atom. The smallest absolute Gasteiger partial charge is 0.330 e. The van der Waals surface area contributed by atoms with Crippen LogP contribution in [0.1, 0.15) is 189 Å². The standard InChI is InChI=1S/C55H82N5O14PS/c1-8-10-11-12-13-14-15-16-17-18-19-20-21-22-23-24-28-67-44-31-42(30-38(3)41(44)6)36-68-50(61)25-26-51(62)73-45-32-48(59-34-39(4)52(63)57-54(59)65)72-47(45)37-70-75(76,69-29-27-56-7)74-46-33-49(71-43(46)9-2)60-35-40(5)53(64)58-55(60)66/h30-31,34-35,43,45-49H,8-29,32-33,36-37H2,1-6H3,(H,57,63,65)(H,58,64,66)/t43-,45?,46?,47-,48?,49?,75?/m1/s1. The molecule has 2 aromatic heterocycles. The zero-order valence-corrected chi connectivity index (χ0v) is 47.3. The number of nitrogens with zero attached hydrogens (tertiary/aromatic N) is 3. The maximum absolute atomic E-state index is 13.4. The van der Waals surface area contributed by atoms with E-state index in [0.717, 1.165) is 35.3 Å². The third kappa shape index (κ3) is 19.9. The summed E-state index contributed by atoms with van der Waals surface area (Å²) in [6, 6.07) is 3.84. The van der Waals surface area contributed by atoms with Crippen molar-refractivity contribution in [2.24, 2.45) is 0 Å². The molecular formula is C55H82N5O14PS. The van der Waals surface area contributed by atoms with Crippen molar-refractivity contribution < 1.29 is 46.8 Å². The van der Waals surface area contributed by atoms with Crippen LogP contribution in [0.15, 0.2) is 43.7 Å². The fraction of sp³-hybridized carbons (Fsp3) is 0.691. The minimum Gasteiger partial charge on any atom is -0.493 e. The largest absolute Gasteiger partial charge is 0.493 e. The third-order valence-electron chi connectivity index (χ3n) is 13.9. The molecule has 5 rings (SSSR count). The highest BCUT2D eigenvalue weighted by Crippen LogP contribution is 2.54. The molecule has 2 fully saturated rings. The van der Waals surface area contributed by atoms with E-state index in [1.807, 2.05) is 32.9 Å². The van der Waals surface area contributed by atoms with Crippen LogP contribution in [0.3, 0.4) is 0 Å². The summed E-state index contributed by atoms with van der Waals surface area (Å²) in [4.78, 5) is 84.4. The molecule has 19 nitrogen and oxygen atoms in total. The van der Waals surface area contributed by atoms with E-state index in [1.54, 1.807) is 6.92 Å². The second kappa shape index (κ2) is 32.2. The second-order valence-electron chi connectivity index (χ2n) is 20.1. The highest BCUT2D eigenvalue weighted by molar-refractivity contribution is 8.07. The number of rotatable bonds is 35. The van der Waals surface area contributed by atoms with E-state index in [1.165, 1.54) is 118 Å². The number of hydrogen-bond donors (Lipinski definition) is 2. The molecule has 2 saturated heterocycles. The summed E-state index contributed by atoms with van der Waals surface area (Å²) in [7, 11) is 0. The van der Waals surface area contributed by atoms with Crippen LogP contribution in [0.4, 0.5) is 0 Å². The minimum absolute atomic E-state index is 0.0147. The fourth-order valence-electron chi connectivity index (χ4n) is 9.35. The van der Waals surface area contributed by atoms with Crippen molar-refractivity contribution in [2.45, 2.75) is 220 Å². The average molecular weight is 1100 g/mol. The molecule has 2 N–H and O–H groups in total. The Balaban J connectivity index is 1.11. The molecule has 21 heteroatoms. The molecule has 4 heterocycles. The van der Waals surface area contributed by atoms with Crippen molar-refractivity contribution in [1.82, 2.24) is 19.1 Å². The zero-order valence-electron chi connectivity index (χ0n) is 45.6. The van der Waals surface area contributed by atoms with E-state index in [-0.39, 0.29) is 57.6 Å². The van der Waals surface area contributed by atoms with Crippen molar-refractivity contribution in [3.05, 3.63) is 105 Å². The lowest BCUT2D eigenvalue weighted by molar-refractivity contribution is -0.156. The van der Waals surface area contributed by atoms with Gasteiger partial charge in [-0.3, -0.25) is 38.3 Å². The van der Waals surface area contributed by atoms with Gasteiger partial charge in [0.05, 0.1) is 38.3 Å². The Morgan fingerprint density at radius 1 is 0.697 bits per heavy atom. The first-order chi connectivity index (χ1) is 36.5. The van der Waals surface area contributed by atoms with Crippen molar-refractivity contribution in [2.75, 3.05) is 26.4 Å². The van der Waals surface area contributed by atoms with Gasteiger partial charge in [0.25, 0.3) is 11.1 Å². The second-order valence-corrected chi connectivity index (χ2v) is 23.0. The summed E-state index contributed by atoms with van der Waals surface area (Å²) < 4.78 is 51.1. The van der Waals surface area contributed by atoms with Crippen LogP contribution < -0.4 is 27.2 Å². The molecular weight excluding hydrogens is 1020 g/mol. The van der Waals surface area contributed by atoms with Crippen LogP contribution in [-0.4, -0.2) is 81.8 Å². The van der Waals surface area contributed by atoms with Crippen molar-refractivity contribution >= 4 is 30.5 Å². The molecule has 76 heavy (non-hydrogen) atoms. The highest BCUT2D eigenvalue weighted by atomic mass is 32.5. The lowest BCUT2D eigenvalue weighted by atomic mass is 10.0. The minimum atomic E-state index is -3.75. The van der Waals surface area contributed by atoms with Gasteiger partial charge < -0.3 is 42.1 Å². The van der Waals surface area contributed by atoms with Gasteiger partial charge in [0.15, 0.2) is 0 Å². The molecule has 2 aliphatic rings. The van der Waals surface area contributed by atoms with Gasteiger partial charge in [-0.25, -0.2) is 16.2 Å². The Bertz CT molecular complexity index is 2660. The lowest BCUT2D eigenvalue weighted by Crippen LogP contribution is -2.33. The number of unbranched alkanes of at least 4 members (excludes halogenated alkanes) is 15. The number of ether oxygens (including phenoxy) is 5. The summed E-state index contributed by atoms with van der Waals surface area (Å²) in [5.74, 6) is -0.599. The topological polar surface area (TPSA) is 222 Å². The van der Waals surface area contributed by atoms with Gasteiger partial charge in [0.1, 0.15) is 43.6 Å². The number of carbonyl (C=O) groups excluding carboxylic acids is 2. The van der Waals surface area contributed by atoms with Crippen molar-refractivity contribution in [3.8, 4) is 5.75 Å². The molecule has 3 aromatic rings. The molecule has 0 aliphatic carbocycles. The predicted octanol–water partition coefficient (Wildman–Crippen LogP) is 9.94. The van der Waals surface area contributed by atoms with Crippen LogP contribution in [0, 0.1) is 34.3 Å². The Kier molecular flexibility index (Phi) is 26.3. The first kappa shape index (κ1) is 62.1. The molecule has 0 radical (unpaired) electrons. The number of carbonyl (C=O) groups is 2. The molecule has 2 aliphatic heterocycles. The summed E-state index contributed by atoms with van der Waals surface area (Å²) >= 11 is 5.88. The number of esters is 2. The van der Waals surface area contributed by atoms with Gasteiger partial charge in [-0.1, -0.05) is 116 Å². The van der Waals surface area contributed by atoms with E-state index in [0.29, 0.717) is 18.6 Å². The molecule has 0 spiro atoms. The van der Waals surface area contributed by atoms with E-state index in [4.69, 9.17) is 55.6 Å². The van der Waals surface area contributed by atoms with E-state index in [2.05, 4.69) is 21.7 Å². The van der Waals surface area contributed by atoms with Crippen molar-refractivity contribution in [1.29, 1.82) is 0 Å². The van der Waals surface area contributed by atoms with Gasteiger partial charge in [-0.05, 0) is 75.1 Å². The fourth-order valence-corrected chi connectivity index (χ4v) is 11.5. The number of benzene rings is 1. The van der Waals surface area contributed by atoms with Gasteiger partial charge in [-0.15, -0.1) is 0 Å². The number of aromatic nitrogens is 4. The van der Waals surface area contributed by atoms with Crippen LogP contribution in [0.5, 0.6) is 5.75 Å². The Hall–Kier alpha value is -4.74. The normalized spacial score (nSPS) is 20.1. The number of aromatic amines is 2. The quantitative estimate of drug-likeness (QED) is 0.0242. The molecule has 0 bridgehead atoms. The van der Waals surface area contributed by atoms with Gasteiger partial charge in [0, 0.05) is 36.4 Å². The van der Waals surface area contributed by atoms with E-state index in [9.17, 15) is 28.8 Å². The van der Waals surface area contributed by atoms with Crippen LogP contribution >= 0.6 is 6.72 Å². The number of hydrogen-bond acceptors (Lipinski definition) is 15. The third-order valence-corrected chi connectivity index (χ3v) is 16.3. The Morgan fingerprint density at radius 3 is 1.78 bits per heavy atom. The SMILES string of the molecule is [C-]#[N+]CCOP(=S)(OC[C@H]1OC(n2cc(C)c(=O)[nH]c2=O)CC1OC(=O)CCC(=O)OCc1cc(C)c(C)c(OCCCCCCCCCCCCCCCCCC)c1)OC1CC(n2cc(C)c(=O)[nH]c2=O)O[C@@H]1CC. The Labute approximate surface area is 452 Å². The van der Waals surface area contributed by atoms with Gasteiger partial charge in [0.2, 0.25) is 6.54 Å². The van der Waals surface area contributed by atoms with Crippen LogP contribution in [0.2, 0.25) is 0 Å². The first-order valence-electron chi connectivity index (χ1n) is 27.5. The molecule has 0 amide bonds. The first-order valence-corrected chi connectivity index (χ1v) is 30.0. The maximum atomic E-state index is 13.4. The van der Waals surface area contributed by atoms with Crippen molar-refractivity contribution in [3.63, 3.8) is 0 Å². The molecule has 7 atom stereocenters.